The molecule has 0 aromatic carbocycles. The summed E-state index contributed by atoms with van der Waals surface area (Å²) in [5.41, 5.74) is -0.663. The normalized spacial score (nSPS) is 22.1. The van der Waals surface area contributed by atoms with Gasteiger partial charge in [0.1, 0.15) is 11.4 Å². The van der Waals surface area contributed by atoms with Gasteiger partial charge in [-0.2, -0.15) is 0 Å². The molecule has 96 valence electrons. The van der Waals surface area contributed by atoms with E-state index in [4.69, 9.17) is 9.47 Å². The fourth-order valence-corrected chi connectivity index (χ4v) is 1.58. The lowest BCUT2D eigenvalue weighted by molar-refractivity contribution is -0.172. The third-order valence-corrected chi connectivity index (χ3v) is 2.22. The summed E-state index contributed by atoms with van der Waals surface area (Å²) in [4.78, 5) is 33.3. The van der Waals surface area contributed by atoms with Crippen LogP contribution in [0.15, 0.2) is 0 Å². The van der Waals surface area contributed by atoms with Crippen LogP contribution in [-0.2, 0) is 23.9 Å². The lowest BCUT2D eigenvalue weighted by Gasteiger charge is -2.25. The van der Waals surface area contributed by atoms with Crippen molar-refractivity contribution in [3.8, 4) is 0 Å². The standard InChI is InChI=1S/C11H17NO5/c1-11(2,3)17-10(15)9(16-6-13)8-4-7(14)5-12-8/h6,8-9,12H,4-5H2,1-3H3. The van der Waals surface area contributed by atoms with Gasteiger partial charge in [-0.05, 0) is 20.8 Å². The second kappa shape index (κ2) is 5.27. The Labute approximate surface area is 99.6 Å². The first kappa shape index (κ1) is 13.6. The van der Waals surface area contributed by atoms with E-state index in [1.165, 1.54) is 0 Å². The van der Waals surface area contributed by atoms with E-state index >= 15 is 0 Å². The number of carbonyl (C=O) groups excluding carboxylic acids is 3. The van der Waals surface area contributed by atoms with Crippen molar-refractivity contribution in [2.45, 2.75) is 44.9 Å². The molecular weight excluding hydrogens is 226 g/mol. The van der Waals surface area contributed by atoms with Crippen LogP contribution < -0.4 is 5.32 Å². The zero-order valence-corrected chi connectivity index (χ0v) is 10.2. The average Bonchev–Trinajstić information content (AvgIpc) is 2.58. The summed E-state index contributed by atoms with van der Waals surface area (Å²) in [5, 5.41) is 2.82. The third kappa shape index (κ3) is 4.14. The molecule has 2 unspecified atom stereocenters. The van der Waals surface area contributed by atoms with Crippen molar-refractivity contribution >= 4 is 18.2 Å². The van der Waals surface area contributed by atoms with Crippen LogP contribution in [0.2, 0.25) is 0 Å². The van der Waals surface area contributed by atoms with Crippen molar-refractivity contribution < 1.29 is 23.9 Å². The highest BCUT2D eigenvalue weighted by Gasteiger charge is 2.37. The minimum absolute atomic E-state index is 0.0157. The molecule has 6 nitrogen and oxygen atoms in total. The SMILES string of the molecule is CC(C)(C)OC(=O)C(OC=O)C1CC(=O)CN1. The lowest BCUT2D eigenvalue weighted by Crippen LogP contribution is -2.45. The van der Waals surface area contributed by atoms with E-state index in [1.807, 2.05) is 0 Å². The van der Waals surface area contributed by atoms with Gasteiger partial charge >= 0.3 is 5.97 Å². The Kier molecular flexibility index (Phi) is 4.22. The van der Waals surface area contributed by atoms with Crippen LogP contribution in [-0.4, -0.2) is 42.5 Å². The number of esters is 1. The summed E-state index contributed by atoms with van der Waals surface area (Å²) >= 11 is 0. The number of rotatable bonds is 4. The Morgan fingerprint density at radius 3 is 2.59 bits per heavy atom. The van der Waals surface area contributed by atoms with E-state index in [0.29, 0.717) is 0 Å². The van der Waals surface area contributed by atoms with E-state index < -0.39 is 23.7 Å². The largest absolute Gasteiger partial charge is 0.457 e. The molecule has 6 heteroatoms. The van der Waals surface area contributed by atoms with Gasteiger partial charge in [-0.3, -0.25) is 9.59 Å². The number of hydrogen-bond donors (Lipinski definition) is 1. The molecule has 0 radical (unpaired) electrons. The maximum atomic E-state index is 11.8. The van der Waals surface area contributed by atoms with Gasteiger partial charge in [-0.25, -0.2) is 4.79 Å². The van der Waals surface area contributed by atoms with Gasteiger partial charge < -0.3 is 14.8 Å². The first-order valence-corrected chi connectivity index (χ1v) is 5.40. The molecule has 0 aromatic heterocycles. The van der Waals surface area contributed by atoms with Gasteiger partial charge in [0.05, 0.1) is 12.6 Å². The first-order valence-electron chi connectivity index (χ1n) is 5.40. The maximum absolute atomic E-state index is 11.8. The first-order chi connectivity index (χ1) is 7.83. The maximum Gasteiger partial charge on any atom is 0.349 e. The molecule has 1 aliphatic rings. The van der Waals surface area contributed by atoms with Crippen molar-refractivity contribution in [1.82, 2.24) is 5.32 Å². The third-order valence-electron chi connectivity index (χ3n) is 2.22. The Balaban J connectivity index is 2.68. The Bertz CT molecular complexity index is 320. The van der Waals surface area contributed by atoms with Crippen LogP contribution in [0.4, 0.5) is 0 Å². The highest BCUT2D eigenvalue weighted by Crippen LogP contribution is 2.15. The van der Waals surface area contributed by atoms with Crippen molar-refractivity contribution in [3.05, 3.63) is 0 Å². The molecule has 0 saturated carbocycles. The quantitative estimate of drug-likeness (QED) is 0.544. The molecule has 2 atom stereocenters. The van der Waals surface area contributed by atoms with Crippen LogP contribution in [0.25, 0.3) is 0 Å². The summed E-state index contributed by atoms with van der Waals surface area (Å²) in [6, 6.07) is -0.498. The number of hydrogen-bond acceptors (Lipinski definition) is 6. The van der Waals surface area contributed by atoms with Crippen molar-refractivity contribution in [2.24, 2.45) is 0 Å². The summed E-state index contributed by atoms with van der Waals surface area (Å²) in [6.45, 7) is 5.54. The zero-order chi connectivity index (χ0) is 13.1. The topological polar surface area (TPSA) is 81.7 Å². The van der Waals surface area contributed by atoms with Crippen LogP contribution in [0.1, 0.15) is 27.2 Å². The number of Topliss-reactive ketones (excluding diaryl/α,β-unsaturated/α-hetero) is 1. The molecule has 1 heterocycles. The van der Waals surface area contributed by atoms with Crippen LogP contribution >= 0.6 is 0 Å². The Hall–Kier alpha value is -1.43. The fraction of sp³-hybridized carbons (Fsp3) is 0.727. The van der Waals surface area contributed by atoms with E-state index in [9.17, 15) is 14.4 Å². The van der Waals surface area contributed by atoms with Crippen molar-refractivity contribution in [1.29, 1.82) is 0 Å². The predicted octanol–water partition coefficient (Wildman–Crippen LogP) is -0.199. The highest BCUT2D eigenvalue weighted by atomic mass is 16.6. The minimum atomic E-state index is -1.07. The van der Waals surface area contributed by atoms with Crippen molar-refractivity contribution in [2.75, 3.05) is 6.54 Å². The zero-order valence-electron chi connectivity index (χ0n) is 10.2. The molecule has 0 aliphatic carbocycles. The number of carbonyl (C=O) groups is 3. The molecule has 1 fully saturated rings. The fourth-order valence-electron chi connectivity index (χ4n) is 1.58. The molecule has 0 spiro atoms. The summed E-state index contributed by atoms with van der Waals surface area (Å²) in [7, 11) is 0. The predicted molar refractivity (Wildman–Crippen MR) is 58.2 cm³/mol. The minimum Gasteiger partial charge on any atom is -0.457 e. The van der Waals surface area contributed by atoms with Gasteiger partial charge in [0.15, 0.2) is 0 Å². The van der Waals surface area contributed by atoms with Gasteiger partial charge in [0.2, 0.25) is 6.10 Å². The van der Waals surface area contributed by atoms with Gasteiger partial charge in [-0.1, -0.05) is 0 Å². The molecule has 0 amide bonds. The highest BCUT2D eigenvalue weighted by molar-refractivity contribution is 5.86. The molecule has 1 rings (SSSR count). The monoisotopic (exact) mass is 243 g/mol. The van der Waals surface area contributed by atoms with Gasteiger partial charge in [0.25, 0.3) is 6.47 Å². The van der Waals surface area contributed by atoms with Crippen molar-refractivity contribution in [3.63, 3.8) is 0 Å². The Morgan fingerprint density at radius 1 is 1.53 bits per heavy atom. The lowest BCUT2D eigenvalue weighted by atomic mass is 10.1. The van der Waals surface area contributed by atoms with E-state index in [1.54, 1.807) is 20.8 Å². The van der Waals surface area contributed by atoms with Gasteiger partial charge in [0, 0.05) is 6.42 Å². The Morgan fingerprint density at radius 2 is 2.18 bits per heavy atom. The summed E-state index contributed by atoms with van der Waals surface area (Å²) < 4.78 is 9.84. The van der Waals surface area contributed by atoms with E-state index in [0.717, 1.165) is 0 Å². The molecule has 17 heavy (non-hydrogen) atoms. The molecule has 1 N–H and O–H groups in total. The average molecular weight is 243 g/mol. The summed E-state index contributed by atoms with van der Waals surface area (Å²) in [5.74, 6) is -0.658. The second-order valence-electron chi connectivity index (χ2n) is 4.92. The number of ether oxygens (including phenoxy) is 2. The smallest absolute Gasteiger partial charge is 0.349 e. The molecular formula is C11H17NO5. The second-order valence-corrected chi connectivity index (χ2v) is 4.92. The van der Waals surface area contributed by atoms with Crippen LogP contribution in [0.3, 0.4) is 0 Å². The molecule has 1 aliphatic heterocycles. The number of nitrogens with one attached hydrogen (secondary N) is 1. The molecule has 1 saturated heterocycles. The van der Waals surface area contributed by atoms with Crippen LogP contribution in [0.5, 0.6) is 0 Å². The number of ketones is 1. The van der Waals surface area contributed by atoms with Gasteiger partial charge in [-0.15, -0.1) is 0 Å². The molecule has 0 aromatic rings. The van der Waals surface area contributed by atoms with E-state index in [-0.39, 0.29) is 25.2 Å². The summed E-state index contributed by atoms with van der Waals surface area (Å²) in [6.07, 6.45) is -0.907. The molecule has 0 bridgehead atoms. The van der Waals surface area contributed by atoms with Crippen LogP contribution in [0, 0.1) is 0 Å². The van der Waals surface area contributed by atoms with E-state index in [2.05, 4.69) is 5.32 Å².